The van der Waals surface area contributed by atoms with Crippen LogP contribution in [0.4, 0.5) is 0 Å². The van der Waals surface area contributed by atoms with Gasteiger partial charge in [0.15, 0.2) is 0 Å². The highest BCUT2D eigenvalue weighted by atomic mass is 32.1. The molecule has 5 nitrogen and oxygen atoms in total. The maximum Gasteiger partial charge on any atom is 0.307 e. The van der Waals surface area contributed by atoms with Gasteiger partial charge >= 0.3 is 5.97 Å². The number of fused-ring (bicyclic) bond motifs is 2. The van der Waals surface area contributed by atoms with Crippen LogP contribution >= 0.6 is 11.3 Å². The molecule has 1 aromatic carbocycles. The van der Waals surface area contributed by atoms with Crippen molar-refractivity contribution in [1.29, 1.82) is 0 Å². The molecule has 0 N–H and O–H groups in total. The summed E-state index contributed by atoms with van der Waals surface area (Å²) in [5.41, 5.74) is 2.39. The lowest BCUT2D eigenvalue weighted by Gasteiger charge is -2.38. The van der Waals surface area contributed by atoms with Crippen molar-refractivity contribution in [3.8, 4) is 11.5 Å². The minimum atomic E-state index is -0.419. The quantitative estimate of drug-likeness (QED) is 0.400. The monoisotopic (exact) mass is 485 g/mol. The van der Waals surface area contributed by atoms with Gasteiger partial charge in [-0.3, -0.25) is 4.79 Å². The van der Waals surface area contributed by atoms with Gasteiger partial charge in [0.2, 0.25) is 0 Å². The molecule has 2 aromatic rings. The predicted molar refractivity (Wildman–Crippen MR) is 137 cm³/mol. The first-order valence-corrected chi connectivity index (χ1v) is 13.5. The molecule has 0 amide bonds. The first-order chi connectivity index (χ1) is 16.3. The van der Waals surface area contributed by atoms with Crippen molar-refractivity contribution in [1.82, 2.24) is 4.90 Å². The van der Waals surface area contributed by atoms with Crippen molar-refractivity contribution in [2.75, 3.05) is 26.2 Å². The van der Waals surface area contributed by atoms with Crippen molar-refractivity contribution >= 4 is 17.3 Å². The van der Waals surface area contributed by atoms with Crippen LogP contribution in [-0.2, 0) is 28.0 Å². The number of rotatable bonds is 9. The summed E-state index contributed by atoms with van der Waals surface area (Å²) in [5, 5.41) is 2.25. The second-order valence-corrected chi connectivity index (χ2v) is 11.7. The fraction of sp³-hybridized carbons (Fsp3) is 0.607. The molecule has 34 heavy (non-hydrogen) atoms. The van der Waals surface area contributed by atoms with Crippen LogP contribution in [0.5, 0.6) is 11.5 Å². The maximum absolute atomic E-state index is 12.1. The summed E-state index contributed by atoms with van der Waals surface area (Å²) in [4.78, 5) is 15.7. The Hall–Kier alpha value is -2.05. The summed E-state index contributed by atoms with van der Waals surface area (Å²) in [6, 6.07) is 8.63. The van der Waals surface area contributed by atoms with Gasteiger partial charge < -0.3 is 19.1 Å². The first kappa shape index (κ1) is 25.1. The number of nitrogens with zero attached hydrogens (tertiary/aromatic N) is 1. The Labute approximate surface area is 208 Å². The van der Waals surface area contributed by atoms with Gasteiger partial charge in [-0.05, 0) is 82.6 Å². The number of unbranched alkanes of at least 4 members (excludes halogenated alkanes) is 1. The van der Waals surface area contributed by atoms with E-state index in [4.69, 9.17) is 14.2 Å². The van der Waals surface area contributed by atoms with Crippen molar-refractivity contribution in [3.05, 3.63) is 45.6 Å². The van der Waals surface area contributed by atoms with E-state index in [9.17, 15) is 4.79 Å². The van der Waals surface area contributed by atoms with Crippen LogP contribution in [0.25, 0.3) is 0 Å². The molecular weight excluding hydrogens is 446 g/mol. The van der Waals surface area contributed by atoms with Crippen molar-refractivity contribution in [2.45, 2.75) is 83.8 Å². The number of hydrogen-bond donors (Lipinski definition) is 0. The Morgan fingerprint density at radius 1 is 1.21 bits per heavy atom. The van der Waals surface area contributed by atoms with Crippen LogP contribution in [0.1, 0.15) is 75.8 Å². The van der Waals surface area contributed by atoms with Gasteiger partial charge in [-0.1, -0.05) is 19.4 Å². The Balaban J connectivity index is 1.28. The van der Waals surface area contributed by atoms with E-state index in [-0.39, 0.29) is 11.4 Å². The molecule has 2 aliphatic heterocycles. The number of esters is 1. The van der Waals surface area contributed by atoms with Gasteiger partial charge in [0.1, 0.15) is 23.7 Å². The molecule has 1 spiro atoms. The van der Waals surface area contributed by atoms with Crippen molar-refractivity contribution in [3.63, 3.8) is 0 Å². The standard InChI is InChI=1S/C28H39NO4S/c1-5-6-7-21-16-23(34-19-21)18-31-22-8-9-24-25(17-22)32-20-28(24)11-14-29(15-12-28)13-10-26(30)33-27(2,3)4/h8-9,16-17,19H,5-7,10-15,18,20H2,1-4H3. The third-order valence-corrected chi connectivity index (χ3v) is 7.76. The minimum Gasteiger partial charge on any atom is -0.492 e. The molecule has 1 aromatic heterocycles. The number of ether oxygens (including phenoxy) is 3. The first-order valence-electron chi connectivity index (χ1n) is 12.7. The number of carbonyl (C=O) groups is 1. The molecule has 0 unspecified atom stereocenters. The molecule has 1 fully saturated rings. The number of piperidine rings is 1. The zero-order chi connectivity index (χ0) is 24.2. The van der Waals surface area contributed by atoms with E-state index in [2.05, 4.69) is 41.5 Å². The second-order valence-electron chi connectivity index (χ2n) is 10.7. The maximum atomic E-state index is 12.1. The molecule has 2 aliphatic rings. The average molecular weight is 486 g/mol. The van der Waals surface area contributed by atoms with Crippen LogP contribution in [0.2, 0.25) is 0 Å². The summed E-state index contributed by atoms with van der Waals surface area (Å²) >= 11 is 1.78. The molecule has 0 radical (unpaired) electrons. The fourth-order valence-electron chi connectivity index (χ4n) is 4.87. The van der Waals surface area contributed by atoms with Gasteiger partial charge in [-0.15, -0.1) is 11.3 Å². The van der Waals surface area contributed by atoms with E-state index in [0.717, 1.165) is 57.0 Å². The predicted octanol–water partition coefficient (Wildman–Crippen LogP) is 6.13. The van der Waals surface area contributed by atoms with Crippen molar-refractivity contribution < 1.29 is 19.0 Å². The van der Waals surface area contributed by atoms with E-state index >= 15 is 0 Å². The normalized spacial score (nSPS) is 17.4. The van der Waals surface area contributed by atoms with Gasteiger partial charge in [0.05, 0.1) is 13.0 Å². The lowest BCUT2D eigenvalue weighted by atomic mass is 9.74. The Morgan fingerprint density at radius 2 is 2.00 bits per heavy atom. The van der Waals surface area contributed by atoms with Crippen LogP contribution < -0.4 is 9.47 Å². The van der Waals surface area contributed by atoms with E-state index in [1.54, 1.807) is 11.3 Å². The third-order valence-electron chi connectivity index (χ3n) is 6.80. The summed E-state index contributed by atoms with van der Waals surface area (Å²) in [5.74, 6) is 1.72. The van der Waals surface area contributed by atoms with Gasteiger partial charge in [0, 0.05) is 28.5 Å². The highest BCUT2D eigenvalue weighted by molar-refractivity contribution is 7.10. The number of likely N-dealkylation sites (tertiary alicyclic amines) is 1. The smallest absolute Gasteiger partial charge is 0.307 e. The molecule has 4 rings (SSSR count). The van der Waals surface area contributed by atoms with E-state index in [1.807, 2.05) is 20.8 Å². The minimum absolute atomic E-state index is 0.0816. The summed E-state index contributed by atoms with van der Waals surface area (Å²) < 4.78 is 17.7. The third kappa shape index (κ3) is 6.33. The number of thiophene rings is 1. The highest BCUT2D eigenvalue weighted by Gasteiger charge is 2.43. The number of aryl methyl sites for hydroxylation is 1. The summed E-state index contributed by atoms with van der Waals surface area (Å²) in [6.45, 7) is 12.0. The Kier molecular flexibility index (Phi) is 7.88. The topological polar surface area (TPSA) is 48.0 Å². The molecule has 6 heteroatoms. The Bertz CT molecular complexity index is 969. The van der Waals surface area contributed by atoms with Crippen LogP contribution in [0.15, 0.2) is 29.6 Å². The average Bonchev–Trinajstić information content (AvgIpc) is 3.39. The molecule has 0 atom stereocenters. The largest absolute Gasteiger partial charge is 0.492 e. The summed E-state index contributed by atoms with van der Waals surface area (Å²) in [6.07, 6.45) is 6.15. The molecular formula is C28H39NO4S. The zero-order valence-corrected chi connectivity index (χ0v) is 22.0. The van der Waals surface area contributed by atoms with E-state index in [0.29, 0.717) is 13.0 Å². The second kappa shape index (κ2) is 10.7. The molecule has 3 heterocycles. The zero-order valence-electron chi connectivity index (χ0n) is 21.2. The molecule has 0 bridgehead atoms. The van der Waals surface area contributed by atoms with Gasteiger partial charge in [-0.2, -0.15) is 0 Å². The van der Waals surface area contributed by atoms with Crippen molar-refractivity contribution in [2.24, 2.45) is 0 Å². The van der Waals surface area contributed by atoms with E-state index in [1.165, 1.54) is 28.8 Å². The molecule has 1 saturated heterocycles. The molecule has 186 valence electrons. The van der Waals surface area contributed by atoms with Gasteiger partial charge in [-0.25, -0.2) is 0 Å². The van der Waals surface area contributed by atoms with Crippen LogP contribution in [0, 0.1) is 0 Å². The SMILES string of the molecule is CCCCc1csc(COc2ccc3c(c2)OCC32CCN(CCC(=O)OC(C)(C)C)CC2)c1. The fourth-order valence-corrected chi connectivity index (χ4v) is 5.71. The van der Waals surface area contributed by atoms with E-state index < -0.39 is 5.60 Å². The lowest BCUT2D eigenvalue weighted by molar-refractivity contribution is -0.155. The highest BCUT2D eigenvalue weighted by Crippen LogP contribution is 2.46. The molecule has 0 saturated carbocycles. The summed E-state index contributed by atoms with van der Waals surface area (Å²) in [7, 11) is 0. The number of hydrogen-bond acceptors (Lipinski definition) is 6. The van der Waals surface area contributed by atoms with Crippen LogP contribution in [-0.4, -0.2) is 42.7 Å². The number of benzene rings is 1. The van der Waals surface area contributed by atoms with Gasteiger partial charge in [0.25, 0.3) is 0 Å². The Morgan fingerprint density at radius 3 is 2.74 bits per heavy atom. The number of carbonyl (C=O) groups excluding carboxylic acids is 1. The molecule has 0 aliphatic carbocycles. The lowest BCUT2D eigenvalue weighted by Crippen LogP contribution is -2.44. The van der Waals surface area contributed by atoms with Crippen LogP contribution in [0.3, 0.4) is 0 Å².